The van der Waals surface area contributed by atoms with Gasteiger partial charge in [0.15, 0.2) is 0 Å². The predicted molar refractivity (Wildman–Crippen MR) is 171 cm³/mol. The van der Waals surface area contributed by atoms with Crippen LogP contribution in [0.5, 0.6) is 0 Å². The molecule has 0 spiro atoms. The lowest BCUT2D eigenvalue weighted by Gasteiger charge is -2.48. The van der Waals surface area contributed by atoms with E-state index in [1.807, 2.05) is 6.07 Å². The highest BCUT2D eigenvalue weighted by atomic mass is 35.5. The van der Waals surface area contributed by atoms with E-state index in [0.29, 0.717) is 6.42 Å². The quantitative estimate of drug-likeness (QED) is 0.295. The van der Waals surface area contributed by atoms with Gasteiger partial charge >= 0.3 is 14.0 Å². The van der Waals surface area contributed by atoms with Crippen LogP contribution in [0.2, 0.25) is 5.02 Å². The van der Waals surface area contributed by atoms with Crippen LogP contribution >= 0.6 is 11.6 Å². The molecule has 216 valence electrons. The largest absolute Gasteiger partial charge is 0.489 e. The Balaban J connectivity index is 1.35. The van der Waals surface area contributed by atoms with E-state index < -0.39 is 36.4 Å². The van der Waals surface area contributed by atoms with E-state index >= 15 is 0 Å². The zero-order valence-corrected chi connectivity index (χ0v) is 27.2. The average Bonchev–Trinajstić information content (AvgIpc) is 3.22. The maximum Gasteiger partial charge on any atom is 0.489 e. The van der Waals surface area contributed by atoms with Gasteiger partial charge in [0.05, 0.1) is 22.4 Å². The van der Waals surface area contributed by atoms with Crippen LogP contribution in [0.1, 0.15) is 92.9 Å². The third-order valence-corrected chi connectivity index (χ3v) is 11.6. The molecule has 0 saturated carbocycles. The molecule has 3 aromatic carbocycles. The Morgan fingerprint density at radius 3 is 1.78 bits per heavy atom. The Bertz CT molecular complexity index is 1540. The van der Waals surface area contributed by atoms with Crippen molar-refractivity contribution in [2.45, 2.75) is 116 Å². The van der Waals surface area contributed by atoms with Crippen molar-refractivity contribution in [2.24, 2.45) is 0 Å². The fourth-order valence-corrected chi connectivity index (χ4v) is 6.92. The first kappa shape index (κ1) is 29.3. The second kappa shape index (κ2) is 8.86. The van der Waals surface area contributed by atoms with E-state index in [1.54, 1.807) is 0 Å². The molecule has 0 N–H and O–H groups in total. The van der Waals surface area contributed by atoms with Crippen molar-refractivity contribution < 1.29 is 18.6 Å². The molecule has 2 fully saturated rings. The van der Waals surface area contributed by atoms with Gasteiger partial charge in [-0.25, -0.2) is 0 Å². The fourth-order valence-electron chi connectivity index (χ4n) is 6.75. The van der Waals surface area contributed by atoms with Crippen LogP contribution in [0.4, 0.5) is 0 Å². The summed E-state index contributed by atoms with van der Waals surface area (Å²) in [6, 6.07) is 17.9. The highest BCUT2D eigenvalue weighted by Crippen LogP contribution is 2.55. The minimum Gasteiger partial charge on any atom is -0.405 e. The highest BCUT2D eigenvalue weighted by molar-refractivity contribution is 7.11. The molecule has 1 aliphatic carbocycles. The van der Waals surface area contributed by atoms with E-state index in [4.69, 9.17) is 30.2 Å². The van der Waals surface area contributed by atoms with Crippen molar-refractivity contribution in [3.05, 3.63) is 70.2 Å². The summed E-state index contributed by atoms with van der Waals surface area (Å²) in [7, 11) is -1.18. The van der Waals surface area contributed by atoms with E-state index in [9.17, 15) is 0 Å². The van der Waals surface area contributed by atoms with Gasteiger partial charge in [-0.3, -0.25) is 0 Å². The van der Waals surface area contributed by atoms with Crippen LogP contribution in [0.25, 0.3) is 21.9 Å². The highest BCUT2D eigenvalue weighted by Gasteiger charge is 2.64. The molecular formula is C34H43B2ClO4. The molecule has 2 saturated heterocycles. The van der Waals surface area contributed by atoms with Crippen LogP contribution in [0, 0.1) is 0 Å². The number of hydrogen-bond acceptors (Lipinski definition) is 4. The summed E-state index contributed by atoms with van der Waals surface area (Å²) in [5.74, 6) is 0. The molecule has 7 heteroatoms. The monoisotopic (exact) mass is 572 g/mol. The lowest BCUT2D eigenvalue weighted by atomic mass is 9.49. The van der Waals surface area contributed by atoms with Crippen molar-refractivity contribution in [2.75, 3.05) is 0 Å². The molecule has 1 unspecified atom stereocenters. The standard InChI is InChI=1S/C34H43B2ClO4/c1-29(2)27-15-14-24(37)19-26(27)25-17-23-16-21(12-13-22(23)18-28(25)30(29,3)4)20-34(11)33(9,10)40-36(41-34)35-38-31(5,6)32(7,8)39-35/h12-19H,20H2,1-11H3. The van der Waals surface area contributed by atoms with Crippen molar-refractivity contribution in [1.29, 1.82) is 0 Å². The molecule has 0 aromatic heterocycles. The molecule has 0 amide bonds. The van der Waals surface area contributed by atoms with Crippen molar-refractivity contribution in [3.63, 3.8) is 0 Å². The molecule has 2 heterocycles. The predicted octanol–water partition coefficient (Wildman–Crippen LogP) is 8.51. The Morgan fingerprint density at radius 1 is 0.561 bits per heavy atom. The van der Waals surface area contributed by atoms with Gasteiger partial charge in [0.1, 0.15) is 0 Å². The van der Waals surface area contributed by atoms with Crippen LogP contribution in [0.15, 0.2) is 48.5 Å². The summed E-state index contributed by atoms with van der Waals surface area (Å²) in [6.45, 7) is 23.9. The number of fused-ring (bicyclic) bond motifs is 4. The molecule has 41 heavy (non-hydrogen) atoms. The summed E-state index contributed by atoms with van der Waals surface area (Å²) in [6.07, 6.45) is 0.698. The zero-order valence-electron chi connectivity index (χ0n) is 26.5. The summed E-state index contributed by atoms with van der Waals surface area (Å²) in [5.41, 5.74) is 4.30. The number of rotatable bonds is 3. The number of hydrogen-bond donors (Lipinski definition) is 0. The van der Waals surface area contributed by atoms with E-state index in [-0.39, 0.29) is 10.8 Å². The first-order valence-electron chi connectivity index (χ1n) is 14.9. The molecule has 3 aliphatic rings. The molecule has 2 aliphatic heterocycles. The third kappa shape index (κ3) is 4.27. The van der Waals surface area contributed by atoms with Gasteiger partial charge in [0, 0.05) is 11.4 Å². The molecule has 6 rings (SSSR count). The topological polar surface area (TPSA) is 36.9 Å². The van der Waals surface area contributed by atoms with Crippen molar-refractivity contribution in [1.82, 2.24) is 0 Å². The SMILES string of the molecule is CC1(C)OB(B2OC(C)(C)C(C)(Cc3ccc4cc5c(cc4c3)-c3cc(Cl)ccc3C(C)(C)C5(C)C)O2)OC1(C)C. The second-order valence-electron chi connectivity index (χ2n) is 15.2. The molecule has 0 radical (unpaired) electrons. The Labute approximate surface area is 251 Å². The molecule has 1 atom stereocenters. The van der Waals surface area contributed by atoms with E-state index in [2.05, 4.69) is 119 Å². The summed E-state index contributed by atoms with van der Waals surface area (Å²) in [5, 5.41) is 3.22. The molecule has 4 nitrogen and oxygen atoms in total. The van der Waals surface area contributed by atoms with E-state index in [0.717, 1.165) is 5.02 Å². The van der Waals surface area contributed by atoms with Crippen molar-refractivity contribution in [3.8, 4) is 11.1 Å². The Hall–Kier alpha value is -1.82. The average molecular weight is 573 g/mol. The summed E-state index contributed by atoms with van der Waals surface area (Å²) in [4.78, 5) is 0. The van der Waals surface area contributed by atoms with Gasteiger partial charge in [-0.05, 0) is 122 Å². The minimum absolute atomic E-state index is 0.0404. The van der Waals surface area contributed by atoms with Crippen LogP contribution in [-0.4, -0.2) is 36.4 Å². The van der Waals surface area contributed by atoms with Gasteiger partial charge in [0.2, 0.25) is 0 Å². The number of benzene rings is 3. The van der Waals surface area contributed by atoms with Gasteiger partial charge in [0.25, 0.3) is 0 Å². The van der Waals surface area contributed by atoms with Crippen LogP contribution in [-0.2, 0) is 35.9 Å². The van der Waals surface area contributed by atoms with Gasteiger partial charge in [-0.1, -0.05) is 63.6 Å². The maximum atomic E-state index is 6.66. The first-order valence-corrected chi connectivity index (χ1v) is 15.2. The minimum atomic E-state index is -0.602. The van der Waals surface area contributed by atoms with Crippen LogP contribution in [0.3, 0.4) is 0 Å². The molecule has 3 aromatic rings. The zero-order chi connectivity index (χ0) is 30.0. The molecular weight excluding hydrogens is 529 g/mol. The summed E-state index contributed by atoms with van der Waals surface area (Å²) < 4.78 is 25.7. The molecule has 0 bridgehead atoms. The normalized spacial score (nSPS) is 26.7. The van der Waals surface area contributed by atoms with Gasteiger partial charge < -0.3 is 18.6 Å². The van der Waals surface area contributed by atoms with Crippen molar-refractivity contribution >= 4 is 36.4 Å². The van der Waals surface area contributed by atoms with Crippen LogP contribution < -0.4 is 0 Å². The Kier molecular flexibility index (Phi) is 6.32. The lowest BCUT2D eigenvalue weighted by molar-refractivity contribution is -0.00875. The van der Waals surface area contributed by atoms with Gasteiger partial charge in [-0.15, -0.1) is 0 Å². The van der Waals surface area contributed by atoms with E-state index in [1.165, 1.54) is 38.6 Å². The lowest BCUT2D eigenvalue weighted by Crippen LogP contribution is -2.46. The maximum absolute atomic E-state index is 6.66. The fraction of sp³-hybridized carbons (Fsp3) is 0.529. The smallest absolute Gasteiger partial charge is 0.405 e. The second-order valence-corrected chi connectivity index (χ2v) is 15.6. The van der Waals surface area contributed by atoms with Gasteiger partial charge in [-0.2, -0.15) is 0 Å². The Morgan fingerprint density at radius 2 is 1.12 bits per heavy atom. The number of halogens is 1. The third-order valence-electron chi connectivity index (χ3n) is 11.3. The first-order chi connectivity index (χ1) is 18.8. The summed E-state index contributed by atoms with van der Waals surface area (Å²) >= 11 is 6.53.